The van der Waals surface area contributed by atoms with Crippen molar-refractivity contribution in [3.05, 3.63) is 157 Å². The van der Waals surface area contributed by atoms with Gasteiger partial charge in [0, 0.05) is 43.1 Å². The number of nitrogens with zero attached hydrogens (tertiary/aromatic N) is 2. The fourth-order valence-electron chi connectivity index (χ4n) is 6.48. The highest BCUT2D eigenvalue weighted by Crippen LogP contribution is 2.43. The van der Waals surface area contributed by atoms with E-state index in [1.807, 2.05) is 29.5 Å². The molecule has 8 rings (SSSR count). The van der Waals surface area contributed by atoms with Crippen LogP contribution in [0.5, 0.6) is 0 Å². The lowest BCUT2D eigenvalue weighted by Gasteiger charge is -2.28. The molecule has 0 saturated carbocycles. The highest BCUT2D eigenvalue weighted by Gasteiger charge is 2.20. The predicted octanol–water partition coefficient (Wildman–Crippen LogP) is 9.45. The normalized spacial score (nSPS) is 12.6. The molecule has 0 fully saturated rings. The second-order valence-electron chi connectivity index (χ2n) is 11.3. The fourth-order valence-corrected chi connectivity index (χ4v) is 7.71. The summed E-state index contributed by atoms with van der Waals surface area (Å²) in [4.78, 5) is 0. The molecule has 2 heterocycles. The average Bonchev–Trinajstić information content (AvgIpc) is 3.62. The molecule has 3 N–H and O–H groups in total. The summed E-state index contributed by atoms with van der Waals surface area (Å²) in [7, 11) is 0. The van der Waals surface area contributed by atoms with Crippen LogP contribution in [0.2, 0.25) is 0 Å². The molecule has 1 atom stereocenters. The number of nitrogens with one attached hydrogen (secondary N) is 1. The van der Waals surface area contributed by atoms with Crippen LogP contribution >= 0.6 is 11.3 Å². The third-order valence-corrected chi connectivity index (χ3v) is 9.72. The molecule has 4 nitrogen and oxygen atoms in total. The van der Waals surface area contributed by atoms with Crippen molar-refractivity contribution in [3.63, 3.8) is 0 Å². The summed E-state index contributed by atoms with van der Waals surface area (Å²) in [6.07, 6.45) is -0.339. The van der Waals surface area contributed by atoms with Crippen LogP contribution in [-0.4, -0.2) is 9.58 Å². The van der Waals surface area contributed by atoms with Crippen LogP contribution < -0.4 is 11.2 Å². The minimum atomic E-state index is -0.339. The summed E-state index contributed by atoms with van der Waals surface area (Å²) in [6, 6.07) is 51.7. The Hall–Kier alpha value is -4.78. The molecular weight excluding hydrogens is 557 g/mol. The summed E-state index contributed by atoms with van der Waals surface area (Å²) in [6.45, 7) is 1.33. The Bertz CT molecular complexity index is 2230. The van der Waals surface area contributed by atoms with Gasteiger partial charge in [0.2, 0.25) is 0 Å². The van der Waals surface area contributed by atoms with Crippen LogP contribution in [0.1, 0.15) is 17.3 Å². The third kappa shape index (κ3) is 4.77. The number of hydrogen-bond donors (Lipinski definition) is 2. The van der Waals surface area contributed by atoms with E-state index in [9.17, 15) is 0 Å². The molecule has 0 aliphatic heterocycles. The molecule has 0 bridgehead atoms. The quantitative estimate of drug-likeness (QED) is 0.137. The van der Waals surface area contributed by atoms with Gasteiger partial charge in [-0.15, -0.1) is 11.3 Å². The SMILES string of the molecule is NC(NN(Cc1ccccc1)Cn1c2ccccc2c2c(-c3cccc4c3sc3ccccc34)cccc21)c1ccccc1. The Morgan fingerprint density at radius 1 is 0.614 bits per heavy atom. The van der Waals surface area contributed by atoms with Crippen LogP contribution in [0.4, 0.5) is 0 Å². The van der Waals surface area contributed by atoms with Crippen molar-refractivity contribution in [3.8, 4) is 11.1 Å². The maximum atomic E-state index is 6.73. The lowest BCUT2D eigenvalue weighted by atomic mass is 9.98. The van der Waals surface area contributed by atoms with Crippen LogP contribution in [0.25, 0.3) is 53.1 Å². The molecule has 6 aromatic carbocycles. The Balaban J connectivity index is 1.28. The number of rotatable bonds is 8. The summed E-state index contributed by atoms with van der Waals surface area (Å²) in [5.41, 5.74) is 17.6. The molecule has 214 valence electrons. The van der Waals surface area contributed by atoms with E-state index in [0.717, 1.165) is 5.56 Å². The van der Waals surface area contributed by atoms with Crippen molar-refractivity contribution < 1.29 is 0 Å². The van der Waals surface area contributed by atoms with Gasteiger partial charge in [0.05, 0.1) is 23.9 Å². The third-order valence-electron chi connectivity index (χ3n) is 8.50. The molecule has 5 heteroatoms. The number of para-hydroxylation sites is 1. The smallest absolute Gasteiger partial charge is 0.0941 e. The van der Waals surface area contributed by atoms with Crippen molar-refractivity contribution in [2.45, 2.75) is 19.4 Å². The zero-order valence-corrected chi connectivity index (χ0v) is 25.0. The Morgan fingerprint density at radius 2 is 1.25 bits per heavy atom. The van der Waals surface area contributed by atoms with Crippen molar-refractivity contribution in [1.29, 1.82) is 0 Å². The number of fused-ring (bicyclic) bond motifs is 6. The Morgan fingerprint density at radius 3 is 2.09 bits per heavy atom. The van der Waals surface area contributed by atoms with Gasteiger partial charge in [0.15, 0.2) is 0 Å². The van der Waals surface area contributed by atoms with Gasteiger partial charge in [-0.25, -0.2) is 10.4 Å². The van der Waals surface area contributed by atoms with E-state index in [-0.39, 0.29) is 6.17 Å². The number of hydrazine groups is 1. The predicted molar refractivity (Wildman–Crippen MR) is 186 cm³/mol. The van der Waals surface area contributed by atoms with E-state index in [4.69, 9.17) is 5.73 Å². The first-order valence-electron chi connectivity index (χ1n) is 15.0. The molecule has 0 saturated heterocycles. The minimum Gasteiger partial charge on any atom is -0.326 e. The Labute approximate surface area is 260 Å². The lowest BCUT2D eigenvalue weighted by molar-refractivity contribution is 0.112. The number of aromatic nitrogens is 1. The highest BCUT2D eigenvalue weighted by molar-refractivity contribution is 7.26. The van der Waals surface area contributed by atoms with Gasteiger partial charge in [-0.1, -0.05) is 127 Å². The van der Waals surface area contributed by atoms with E-state index >= 15 is 0 Å². The molecule has 8 aromatic rings. The minimum absolute atomic E-state index is 0.339. The molecule has 0 aliphatic rings. The number of benzene rings is 6. The monoisotopic (exact) mass is 588 g/mol. The van der Waals surface area contributed by atoms with Gasteiger partial charge < -0.3 is 10.3 Å². The van der Waals surface area contributed by atoms with E-state index < -0.39 is 0 Å². The van der Waals surface area contributed by atoms with Crippen molar-refractivity contribution in [1.82, 2.24) is 15.0 Å². The zero-order chi connectivity index (χ0) is 29.5. The van der Waals surface area contributed by atoms with Crippen LogP contribution in [0, 0.1) is 0 Å². The zero-order valence-electron chi connectivity index (χ0n) is 24.2. The number of nitrogens with two attached hydrogens (primary N) is 1. The molecule has 0 spiro atoms. The maximum Gasteiger partial charge on any atom is 0.0941 e. The van der Waals surface area contributed by atoms with Gasteiger partial charge in [0.25, 0.3) is 0 Å². The number of thiophene rings is 1. The molecule has 2 aromatic heterocycles. The molecule has 44 heavy (non-hydrogen) atoms. The molecule has 0 radical (unpaired) electrons. The first kappa shape index (κ1) is 26.8. The Kier molecular flexibility index (Phi) is 6.93. The van der Waals surface area contributed by atoms with Crippen molar-refractivity contribution in [2.75, 3.05) is 0 Å². The molecule has 1 unspecified atom stereocenters. The van der Waals surface area contributed by atoms with Crippen LogP contribution in [0.3, 0.4) is 0 Å². The van der Waals surface area contributed by atoms with Crippen LogP contribution in [-0.2, 0) is 13.2 Å². The molecule has 0 amide bonds. The largest absolute Gasteiger partial charge is 0.326 e. The fraction of sp³-hybridized carbons (Fsp3) is 0.0769. The van der Waals surface area contributed by atoms with Gasteiger partial charge in [0.1, 0.15) is 0 Å². The van der Waals surface area contributed by atoms with Crippen molar-refractivity contribution in [2.24, 2.45) is 5.73 Å². The highest BCUT2D eigenvalue weighted by atomic mass is 32.1. The summed E-state index contributed by atoms with van der Waals surface area (Å²) >= 11 is 1.88. The summed E-state index contributed by atoms with van der Waals surface area (Å²) in [5.74, 6) is 0. The van der Waals surface area contributed by atoms with Gasteiger partial charge in [-0.2, -0.15) is 0 Å². The second-order valence-corrected chi connectivity index (χ2v) is 12.3. The molecule has 0 aliphatic carbocycles. The lowest BCUT2D eigenvalue weighted by Crippen LogP contribution is -2.44. The van der Waals surface area contributed by atoms with Gasteiger partial charge >= 0.3 is 0 Å². The molecular formula is C39H32N4S. The van der Waals surface area contributed by atoms with Gasteiger partial charge in [-0.3, -0.25) is 0 Å². The van der Waals surface area contributed by atoms with E-state index in [2.05, 4.69) is 142 Å². The van der Waals surface area contributed by atoms with E-state index in [0.29, 0.717) is 13.2 Å². The van der Waals surface area contributed by atoms with E-state index in [1.54, 1.807) is 0 Å². The topological polar surface area (TPSA) is 46.2 Å². The van der Waals surface area contributed by atoms with Crippen LogP contribution in [0.15, 0.2) is 146 Å². The number of hydrogen-bond acceptors (Lipinski definition) is 4. The second kappa shape index (κ2) is 11.4. The standard InChI is InChI=1S/C39H32N4S/c40-39(28-15-5-2-6-16-28)41-42(25-27-13-3-1-4-14-27)26-43-34-22-9-7-18-33(34)37-30(19-12-23-35(37)43)32-21-11-20-31-29-17-8-10-24-36(29)44-38(31)32/h1-24,39,41H,25-26,40H2. The summed E-state index contributed by atoms with van der Waals surface area (Å²) < 4.78 is 5.08. The average molecular weight is 589 g/mol. The maximum absolute atomic E-state index is 6.73. The van der Waals surface area contributed by atoms with Crippen molar-refractivity contribution >= 4 is 53.3 Å². The first-order chi connectivity index (χ1) is 21.7. The van der Waals surface area contributed by atoms with E-state index in [1.165, 1.54) is 58.7 Å². The summed E-state index contributed by atoms with van der Waals surface area (Å²) in [5, 5.41) is 7.40. The first-order valence-corrected chi connectivity index (χ1v) is 15.8. The van der Waals surface area contributed by atoms with Gasteiger partial charge in [-0.05, 0) is 34.9 Å².